The highest BCUT2D eigenvalue weighted by molar-refractivity contribution is 6.34. The van der Waals surface area contributed by atoms with Gasteiger partial charge < -0.3 is 14.2 Å². The number of nitrogens with zero attached hydrogens (tertiary/aromatic N) is 4. The zero-order valence-electron chi connectivity index (χ0n) is 14.9. The molecule has 7 heteroatoms. The number of halogens is 2. The Morgan fingerprint density at radius 2 is 1.88 bits per heavy atom. The van der Waals surface area contributed by atoms with Crippen molar-refractivity contribution < 1.29 is 4.74 Å². The molecule has 0 saturated carbocycles. The number of morpholine rings is 1. The van der Waals surface area contributed by atoms with Crippen LogP contribution in [0.5, 0.6) is 0 Å². The van der Waals surface area contributed by atoms with E-state index in [1.54, 1.807) is 0 Å². The van der Waals surface area contributed by atoms with Crippen molar-refractivity contribution >= 4 is 39.8 Å². The van der Waals surface area contributed by atoms with E-state index >= 15 is 0 Å². The number of rotatable bonds is 2. The van der Waals surface area contributed by atoms with E-state index in [-0.39, 0.29) is 17.5 Å². The maximum absolute atomic E-state index is 6.31. The summed E-state index contributed by atoms with van der Waals surface area (Å²) >= 11 is 12.3. The monoisotopic (exact) mass is 390 g/mol. The Balaban J connectivity index is 1.79. The van der Waals surface area contributed by atoms with Gasteiger partial charge in [0.25, 0.3) is 0 Å². The standard InChI is InChI=1S/C19H20Cl2N4O/c1-11-8-25(9-12(2)26-11)13-4-5-14-15(10-24(3)17(14)6-13)18-16(20)7-22-19(21)23-18/h4-7,10-12H,8-9H2,1-3H3. The van der Waals surface area contributed by atoms with Crippen molar-refractivity contribution in [2.45, 2.75) is 26.1 Å². The summed E-state index contributed by atoms with van der Waals surface area (Å²) in [7, 11) is 2.02. The van der Waals surface area contributed by atoms with Crippen LogP contribution in [0.2, 0.25) is 10.3 Å². The first kappa shape index (κ1) is 17.6. The van der Waals surface area contributed by atoms with Crippen LogP contribution in [-0.2, 0) is 11.8 Å². The molecule has 1 fully saturated rings. The fourth-order valence-corrected chi connectivity index (χ4v) is 4.01. The molecule has 2 unspecified atom stereocenters. The summed E-state index contributed by atoms with van der Waals surface area (Å²) < 4.78 is 7.94. The first-order valence-corrected chi connectivity index (χ1v) is 9.36. The van der Waals surface area contributed by atoms with E-state index in [2.05, 4.69) is 51.5 Å². The molecular formula is C19H20Cl2N4O. The van der Waals surface area contributed by atoms with Crippen LogP contribution in [0.15, 0.2) is 30.6 Å². The van der Waals surface area contributed by atoms with E-state index in [9.17, 15) is 0 Å². The molecular weight excluding hydrogens is 371 g/mol. The van der Waals surface area contributed by atoms with Crippen molar-refractivity contribution in [1.29, 1.82) is 0 Å². The van der Waals surface area contributed by atoms with Crippen molar-refractivity contribution in [3.8, 4) is 11.3 Å². The van der Waals surface area contributed by atoms with Crippen LogP contribution in [0.4, 0.5) is 5.69 Å². The van der Waals surface area contributed by atoms with Crippen molar-refractivity contribution in [2.24, 2.45) is 7.05 Å². The largest absolute Gasteiger partial charge is 0.372 e. The molecule has 3 aromatic rings. The molecule has 3 heterocycles. The first-order valence-electron chi connectivity index (χ1n) is 8.60. The number of aromatic nitrogens is 3. The van der Waals surface area contributed by atoms with E-state index in [4.69, 9.17) is 27.9 Å². The number of anilines is 1. The van der Waals surface area contributed by atoms with Gasteiger partial charge in [0.05, 0.1) is 34.6 Å². The summed E-state index contributed by atoms with van der Waals surface area (Å²) in [5, 5.41) is 1.76. The van der Waals surface area contributed by atoms with Gasteiger partial charge in [-0.25, -0.2) is 9.97 Å². The number of aryl methyl sites for hydroxylation is 1. The molecule has 2 aromatic heterocycles. The quantitative estimate of drug-likeness (QED) is 0.601. The molecule has 5 nitrogen and oxygen atoms in total. The maximum Gasteiger partial charge on any atom is 0.222 e. The summed E-state index contributed by atoms with van der Waals surface area (Å²) in [6.07, 6.45) is 4.01. The Labute approximate surface area is 162 Å². The van der Waals surface area contributed by atoms with Gasteiger partial charge in [0.1, 0.15) is 0 Å². The number of fused-ring (bicyclic) bond motifs is 1. The van der Waals surface area contributed by atoms with Gasteiger partial charge in [0.2, 0.25) is 5.28 Å². The van der Waals surface area contributed by atoms with Gasteiger partial charge in [-0.05, 0) is 37.6 Å². The molecule has 1 aliphatic heterocycles. The molecule has 1 aromatic carbocycles. The molecule has 0 amide bonds. The Kier molecular flexibility index (Phi) is 4.55. The fraction of sp³-hybridized carbons (Fsp3) is 0.368. The van der Waals surface area contributed by atoms with Crippen LogP contribution in [0.1, 0.15) is 13.8 Å². The van der Waals surface area contributed by atoms with Crippen molar-refractivity contribution in [2.75, 3.05) is 18.0 Å². The topological polar surface area (TPSA) is 43.2 Å². The average Bonchev–Trinajstić information content (AvgIpc) is 2.92. The van der Waals surface area contributed by atoms with Gasteiger partial charge in [-0.2, -0.15) is 0 Å². The van der Waals surface area contributed by atoms with Gasteiger partial charge >= 0.3 is 0 Å². The SMILES string of the molecule is CC1CN(c2ccc3c(-c4nc(Cl)ncc4Cl)cn(C)c3c2)CC(C)O1. The van der Waals surface area contributed by atoms with E-state index in [1.807, 2.05) is 13.2 Å². The number of hydrogen-bond donors (Lipinski definition) is 0. The molecule has 0 spiro atoms. The second-order valence-electron chi connectivity index (χ2n) is 6.85. The number of benzene rings is 1. The van der Waals surface area contributed by atoms with Crippen LogP contribution in [0.3, 0.4) is 0 Å². The molecule has 2 atom stereocenters. The van der Waals surface area contributed by atoms with Gasteiger partial charge in [0.15, 0.2) is 0 Å². The predicted octanol–water partition coefficient (Wildman–Crippen LogP) is 4.56. The highest BCUT2D eigenvalue weighted by atomic mass is 35.5. The van der Waals surface area contributed by atoms with Crippen molar-refractivity contribution in [3.05, 3.63) is 40.9 Å². The average molecular weight is 391 g/mol. The maximum atomic E-state index is 6.31. The Morgan fingerprint density at radius 1 is 1.15 bits per heavy atom. The van der Waals surface area contributed by atoms with E-state index in [0.717, 1.165) is 29.6 Å². The lowest BCUT2D eigenvalue weighted by atomic mass is 10.1. The fourth-order valence-electron chi connectivity index (χ4n) is 3.68. The van der Waals surface area contributed by atoms with E-state index < -0.39 is 0 Å². The summed E-state index contributed by atoms with van der Waals surface area (Å²) in [5.41, 5.74) is 3.92. The molecule has 136 valence electrons. The molecule has 1 saturated heterocycles. The lowest BCUT2D eigenvalue weighted by molar-refractivity contribution is -0.00521. The molecule has 1 aliphatic rings. The number of hydrogen-bond acceptors (Lipinski definition) is 4. The summed E-state index contributed by atoms with van der Waals surface area (Å²) in [5.74, 6) is 0. The Bertz CT molecular complexity index is 962. The summed E-state index contributed by atoms with van der Waals surface area (Å²) in [4.78, 5) is 10.6. The van der Waals surface area contributed by atoms with Gasteiger partial charge in [-0.3, -0.25) is 0 Å². The minimum atomic E-state index is 0.189. The summed E-state index contributed by atoms with van der Waals surface area (Å²) in [6.45, 7) is 6.01. The van der Waals surface area contributed by atoms with Gasteiger partial charge in [-0.15, -0.1) is 0 Å². The van der Waals surface area contributed by atoms with Crippen LogP contribution in [-0.4, -0.2) is 39.8 Å². The smallest absolute Gasteiger partial charge is 0.222 e. The minimum absolute atomic E-state index is 0.189. The minimum Gasteiger partial charge on any atom is -0.372 e. The normalized spacial score (nSPS) is 20.7. The van der Waals surface area contributed by atoms with E-state index in [0.29, 0.717) is 10.7 Å². The lowest BCUT2D eigenvalue weighted by Crippen LogP contribution is -2.45. The van der Waals surface area contributed by atoms with Crippen LogP contribution >= 0.6 is 23.2 Å². The van der Waals surface area contributed by atoms with Crippen LogP contribution in [0.25, 0.3) is 22.2 Å². The second kappa shape index (κ2) is 6.72. The third kappa shape index (κ3) is 3.15. The molecule has 0 N–H and O–H groups in total. The molecule has 0 aliphatic carbocycles. The highest BCUT2D eigenvalue weighted by Crippen LogP contribution is 2.35. The highest BCUT2D eigenvalue weighted by Gasteiger charge is 2.23. The van der Waals surface area contributed by atoms with Crippen LogP contribution < -0.4 is 4.90 Å². The van der Waals surface area contributed by atoms with Gasteiger partial charge in [-0.1, -0.05) is 17.7 Å². The molecule has 4 rings (SSSR count). The lowest BCUT2D eigenvalue weighted by Gasteiger charge is -2.36. The molecule has 0 radical (unpaired) electrons. The van der Waals surface area contributed by atoms with Crippen molar-refractivity contribution in [1.82, 2.24) is 14.5 Å². The Morgan fingerprint density at radius 3 is 2.62 bits per heavy atom. The third-order valence-electron chi connectivity index (χ3n) is 4.73. The van der Waals surface area contributed by atoms with E-state index in [1.165, 1.54) is 11.9 Å². The third-order valence-corrected chi connectivity index (χ3v) is 5.19. The van der Waals surface area contributed by atoms with Gasteiger partial charge in [0, 0.05) is 43.0 Å². The van der Waals surface area contributed by atoms with Crippen molar-refractivity contribution in [3.63, 3.8) is 0 Å². The zero-order chi connectivity index (χ0) is 18.4. The van der Waals surface area contributed by atoms with Crippen LogP contribution in [0, 0.1) is 0 Å². The second-order valence-corrected chi connectivity index (χ2v) is 7.60. The zero-order valence-corrected chi connectivity index (χ0v) is 16.4. The molecule has 0 bridgehead atoms. The number of ether oxygens (including phenoxy) is 1. The Hall–Kier alpha value is -1.82. The predicted molar refractivity (Wildman–Crippen MR) is 106 cm³/mol. The summed E-state index contributed by atoms with van der Waals surface area (Å²) in [6, 6.07) is 6.48. The molecule has 26 heavy (non-hydrogen) atoms. The first-order chi connectivity index (χ1) is 12.4.